The normalized spacial score (nSPS) is 15.6. The summed E-state index contributed by atoms with van der Waals surface area (Å²) in [4.78, 5) is 26.8. The highest BCUT2D eigenvalue weighted by molar-refractivity contribution is 14.1. The van der Waals surface area contributed by atoms with E-state index >= 15 is 0 Å². The van der Waals surface area contributed by atoms with Crippen molar-refractivity contribution in [1.82, 2.24) is 5.32 Å². The number of benzene rings is 2. The second-order valence-electron chi connectivity index (χ2n) is 6.03. The maximum atomic E-state index is 13.1. The van der Waals surface area contributed by atoms with Crippen LogP contribution in [0.25, 0.3) is 6.08 Å². The van der Waals surface area contributed by atoms with E-state index in [1.165, 1.54) is 18.1 Å². The Morgan fingerprint density at radius 1 is 1.11 bits per heavy atom. The van der Waals surface area contributed by atoms with Crippen molar-refractivity contribution in [3.8, 4) is 11.5 Å². The molecule has 1 heterocycles. The Morgan fingerprint density at radius 3 is 2.39 bits per heavy atom. The van der Waals surface area contributed by atoms with Gasteiger partial charge in [-0.1, -0.05) is 17.7 Å². The van der Waals surface area contributed by atoms with Gasteiger partial charge in [0.1, 0.15) is 5.57 Å². The number of halogens is 1. The highest BCUT2D eigenvalue weighted by atomic mass is 127. The second-order valence-corrected chi connectivity index (χ2v) is 7.58. The van der Waals surface area contributed by atoms with Gasteiger partial charge in [0.05, 0.1) is 23.5 Å². The molecule has 8 heteroatoms. The van der Waals surface area contributed by atoms with Crippen LogP contribution in [0, 0.1) is 10.5 Å². The van der Waals surface area contributed by atoms with E-state index < -0.39 is 11.8 Å². The van der Waals surface area contributed by atoms with Crippen molar-refractivity contribution in [1.29, 1.82) is 0 Å². The predicted octanol–water partition coefficient (Wildman–Crippen LogP) is 3.45. The smallest absolute Gasteiger partial charge is 0.270 e. The van der Waals surface area contributed by atoms with E-state index in [0.29, 0.717) is 22.7 Å². The number of anilines is 1. The zero-order valence-electron chi connectivity index (χ0n) is 15.4. The number of hydrogen-bond acceptors (Lipinski definition) is 5. The van der Waals surface area contributed by atoms with Gasteiger partial charge in [0.25, 0.3) is 11.8 Å². The molecule has 0 aromatic heterocycles. The molecule has 1 N–H and O–H groups in total. The van der Waals surface area contributed by atoms with Gasteiger partial charge in [-0.15, -0.1) is 0 Å². The third kappa shape index (κ3) is 3.88. The lowest BCUT2D eigenvalue weighted by Gasteiger charge is -2.29. The van der Waals surface area contributed by atoms with Crippen LogP contribution in [0.1, 0.15) is 11.1 Å². The number of hydrogen-bond donors (Lipinski definition) is 1. The van der Waals surface area contributed by atoms with Gasteiger partial charge in [0.15, 0.2) is 16.6 Å². The summed E-state index contributed by atoms with van der Waals surface area (Å²) in [6.07, 6.45) is 1.52. The molecule has 144 valence electrons. The minimum Gasteiger partial charge on any atom is -0.493 e. The van der Waals surface area contributed by atoms with Gasteiger partial charge in [-0.3, -0.25) is 19.8 Å². The molecule has 0 bridgehead atoms. The zero-order valence-corrected chi connectivity index (χ0v) is 18.4. The molecule has 1 fully saturated rings. The Kier molecular flexibility index (Phi) is 5.99. The van der Waals surface area contributed by atoms with E-state index in [-0.39, 0.29) is 10.7 Å². The Balaban J connectivity index is 2.04. The number of thiocarbonyl (C=S) groups is 1. The summed E-state index contributed by atoms with van der Waals surface area (Å²) < 4.78 is 11.5. The second kappa shape index (κ2) is 8.27. The van der Waals surface area contributed by atoms with Crippen LogP contribution in [0.2, 0.25) is 0 Å². The number of ether oxygens (including phenoxy) is 2. The summed E-state index contributed by atoms with van der Waals surface area (Å²) in [6, 6.07) is 10.8. The number of nitrogens with one attached hydrogen (secondary N) is 1. The van der Waals surface area contributed by atoms with Gasteiger partial charge < -0.3 is 9.47 Å². The molecule has 3 rings (SSSR count). The fourth-order valence-electron chi connectivity index (χ4n) is 2.77. The quantitative estimate of drug-likeness (QED) is 0.297. The fourth-order valence-corrected chi connectivity index (χ4v) is 3.90. The van der Waals surface area contributed by atoms with Gasteiger partial charge in [-0.2, -0.15) is 0 Å². The van der Waals surface area contributed by atoms with Crippen molar-refractivity contribution in [3.63, 3.8) is 0 Å². The van der Waals surface area contributed by atoms with Gasteiger partial charge >= 0.3 is 0 Å². The van der Waals surface area contributed by atoms with Crippen LogP contribution < -0.4 is 19.7 Å². The number of aryl methyl sites for hydroxylation is 1. The molecule has 1 aliphatic heterocycles. The third-order valence-electron chi connectivity index (χ3n) is 4.16. The lowest BCUT2D eigenvalue weighted by molar-refractivity contribution is -0.122. The van der Waals surface area contributed by atoms with Crippen LogP contribution in [0.15, 0.2) is 42.0 Å². The van der Waals surface area contributed by atoms with E-state index in [1.54, 1.807) is 31.4 Å². The van der Waals surface area contributed by atoms with Crippen LogP contribution in [0.3, 0.4) is 0 Å². The fraction of sp³-hybridized carbons (Fsp3) is 0.150. The van der Waals surface area contributed by atoms with E-state index in [9.17, 15) is 9.59 Å². The number of methoxy groups -OCH3 is 2. The van der Waals surface area contributed by atoms with E-state index in [1.807, 2.05) is 19.1 Å². The average molecular weight is 508 g/mol. The molecule has 6 nitrogen and oxygen atoms in total. The molecule has 0 spiro atoms. The number of carbonyl (C=O) groups is 2. The summed E-state index contributed by atoms with van der Waals surface area (Å²) in [5.74, 6) is 0.0773. The predicted molar refractivity (Wildman–Crippen MR) is 120 cm³/mol. The van der Waals surface area contributed by atoms with Gasteiger partial charge in [-0.05, 0) is 77.6 Å². The summed E-state index contributed by atoms with van der Waals surface area (Å²) in [5.41, 5.74) is 2.27. The van der Waals surface area contributed by atoms with Gasteiger partial charge in [-0.25, -0.2) is 0 Å². The molecule has 2 aromatic carbocycles. The summed E-state index contributed by atoms with van der Waals surface area (Å²) in [6.45, 7) is 1.95. The number of rotatable bonds is 4. The third-order valence-corrected chi connectivity index (χ3v) is 5.25. The van der Waals surface area contributed by atoms with Crippen LogP contribution >= 0.6 is 34.8 Å². The molecule has 0 radical (unpaired) electrons. The van der Waals surface area contributed by atoms with Crippen molar-refractivity contribution in [2.75, 3.05) is 19.1 Å². The molecule has 0 saturated carbocycles. The standard InChI is InChI=1S/C20H17IN2O4S/c1-11-4-6-13(7-5-11)23-19(25)14(18(24)22-20(23)28)8-12-9-15(21)17(27-3)16(10-12)26-2/h4-10H,1-3H3,(H,22,24,28)/b14-8+. The maximum Gasteiger partial charge on any atom is 0.270 e. The first-order valence-electron chi connectivity index (χ1n) is 8.25. The summed E-state index contributed by atoms with van der Waals surface area (Å²) in [5, 5.41) is 2.63. The molecular weight excluding hydrogens is 491 g/mol. The first-order chi connectivity index (χ1) is 13.3. The Bertz CT molecular complexity index is 1000. The average Bonchev–Trinajstić information content (AvgIpc) is 2.66. The van der Waals surface area contributed by atoms with E-state index in [0.717, 1.165) is 9.13 Å². The van der Waals surface area contributed by atoms with Crippen molar-refractivity contribution in [3.05, 3.63) is 56.7 Å². The molecule has 28 heavy (non-hydrogen) atoms. The van der Waals surface area contributed by atoms with E-state index in [4.69, 9.17) is 21.7 Å². The lowest BCUT2D eigenvalue weighted by atomic mass is 10.1. The molecule has 1 saturated heterocycles. The molecule has 0 unspecified atom stereocenters. The first kappa shape index (κ1) is 20.3. The molecule has 2 amide bonds. The minimum atomic E-state index is -0.539. The number of carbonyl (C=O) groups excluding carboxylic acids is 2. The molecule has 0 atom stereocenters. The van der Waals surface area contributed by atoms with Gasteiger partial charge in [0.2, 0.25) is 0 Å². The van der Waals surface area contributed by atoms with Crippen LogP contribution in [0.5, 0.6) is 11.5 Å². The molecular formula is C20H17IN2O4S. The van der Waals surface area contributed by atoms with Crippen molar-refractivity contribution in [2.24, 2.45) is 0 Å². The Labute approximate surface area is 181 Å². The lowest BCUT2D eigenvalue weighted by Crippen LogP contribution is -2.54. The Hall–Kier alpha value is -2.46. The SMILES string of the molecule is COc1cc(/C=C2\C(=O)NC(=S)N(c3ccc(C)cc3)C2=O)cc(I)c1OC. The minimum absolute atomic E-state index is 0.0165. The molecule has 2 aromatic rings. The van der Waals surface area contributed by atoms with Crippen molar-refractivity contribution >= 4 is 63.5 Å². The topological polar surface area (TPSA) is 67.9 Å². The number of nitrogens with zero attached hydrogens (tertiary/aromatic N) is 1. The summed E-state index contributed by atoms with van der Waals surface area (Å²) in [7, 11) is 3.08. The first-order valence-corrected chi connectivity index (χ1v) is 9.74. The Morgan fingerprint density at radius 2 is 1.79 bits per heavy atom. The molecule has 0 aliphatic carbocycles. The number of amides is 2. The van der Waals surface area contributed by atoms with Crippen molar-refractivity contribution in [2.45, 2.75) is 6.92 Å². The van der Waals surface area contributed by atoms with Gasteiger partial charge in [0, 0.05) is 0 Å². The zero-order chi connectivity index (χ0) is 20.4. The monoisotopic (exact) mass is 508 g/mol. The molecule has 1 aliphatic rings. The van der Waals surface area contributed by atoms with E-state index in [2.05, 4.69) is 27.9 Å². The largest absolute Gasteiger partial charge is 0.493 e. The highest BCUT2D eigenvalue weighted by Gasteiger charge is 2.34. The van der Waals surface area contributed by atoms with Crippen molar-refractivity contribution < 1.29 is 19.1 Å². The van der Waals surface area contributed by atoms with Crippen LogP contribution in [0.4, 0.5) is 5.69 Å². The highest BCUT2D eigenvalue weighted by Crippen LogP contribution is 2.34. The van der Waals surface area contributed by atoms with Crippen LogP contribution in [-0.2, 0) is 9.59 Å². The maximum absolute atomic E-state index is 13.1. The van der Waals surface area contributed by atoms with Crippen LogP contribution in [-0.4, -0.2) is 31.1 Å². The summed E-state index contributed by atoms with van der Waals surface area (Å²) >= 11 is 7.32.